The van der Waals surface area contributed by atoms with Crippen molar-refractivity contribution in [1.82, 2.24) is 0 Å². The first kappa shape index (κ1) is 14.4. The molecule has 1 rings (SSSR count). The van der Waals surface area contributed by atoms with E-state index in [2.05, 4.69) is 0 Å². The number of carbonyl (C=O) groups is 1. The Morgan fingerprint density at radius 3 is 2.72 bits per heavy atom. The van der Waals surface area contributed by atoms with Crippen molar-refractivity contribution in [2.24, 2.45) is 5.73 Å². The summed E-state index contributed by atoms with van der Waals surface area (Å²) in [5.41, 5.74) is 4.24. The lowest BCUT2D eigenvalue weighted by atomic mass is 10.1. The Bertz CT molecular complexity index is 435. The average molecular weight is 259 g/mol. The van der Waals surface area contributed by atoms with Gasteiger partial charge in [0.1, 0.15) is 12.1 Å². The van der Waals surface area contributed by atoms with Crippen molar-refractivity contribution in [2.45, 2.75) is 19.4 Å². The summed E-state index contributed by atoms with van der Waals surface area (Å²) in [5, 5.41) is 0. The first-order valence-electron chi connectivity index (χ1n) is 5.41. The first-order valence-corrected chi connectivity index (χ1v) is 5.41. The second kappa shape index (κ2) is 5.77. The average Bonchev–Trinajstić information content (AvgIpc) is 2.31. The minimum Gasteiger partial charge on any atom is -0.488 e. The smallest absolute Gasteiger partial charge is 0.329 e. The van der Waals surface area contributed by atoms with Crippen LogP contribution in [0.15, 0.2) is 18.2 Å². The molecule has 4 nitrogen and oxygen atoms in total. The van der Waals surface area contributed by atoms with Crippen LogP contribution in [0.2, 0.25) is 0 Å². The van der Waals surface area contributed by atoms with Gasteiger partial charge >= 0.3 is 5.97 Å². The summed E-state index contributed by atoms with van der Waals surface area (Å²) in [4.78, 5) is 11.4. The predicted octanol–water partition coefficient (Wildman–Crippen LogP) is 1.62. The quantitative estimate of drug-likeness (QED) is 0.816. The molecule has 0 saturated carbocycles. The van der Waals surface area contributed by atoms with E-state index >= 15 is 0 Å². The van der Waals surface area contributed by atoms with Crippen LogP contribution < -0.4 is 10.5 Å². The summed E-state index contributed by atoms with van der Waals surface area (Å²) in [6.45, 7) is 2.90. The monoisotopic (exact) mass is 259 g/mol. The van der Waals surface area contributed by atoms with Crippen LogP contribution in [0.4, 0.5) is 8.78 Å². The zero-order chi connectivity index (χ0) is 13.8. The van der Waals surface area contributed by atoms with Gasteiger partial charge in [-0.2, -0.15) is 4.39 Å². The summed E-state index contributed by atoms with van der Waals surface area (Å²) in [5.74, 6) is -3.10. The van der Waals surface area contributed by atoms with Crippen molar-refractivity contribution in [1.29, 1.82) is 0 Å². The second-order valence-corrected chi connectivity index (χ2v) is 3.98. The molecule has 18 heavy (non-hydrogen) atoms. The second-order valence-electron chi connectivity index (χ2n) is 3.98. The lowest BCUT2D eigenvalue weighted by Gasteiger charge is -2.22. The number of hydrogen-bond donors (Lipinski definition) is 1. The molecule has 0 saturated heterocycles. The molecular formula is C12H15F2NO3. The van der Waals surface area contributed by atoms with Crippen LogP contribution in [0.3, 0.4) is 0 Å². The summed E-state index contributed by atoms with van der Waals surface area (Å²) < 4.78 is 35.9. The number of hydrogen-bond acceptors (Lipinski definition) is 4. The topological polar surface area (TPSA) is 61.5 Å². The van der Waals surface area contributed by atoms with Crippen LogP contribution >= 0.6 is 0 Å². The Kier molecular flexibility index (Phi) is 4.61. The van der Waals surface area contributed by atoms with Gasteiger partial charge in [0, 0.05) is 0 Å². The molecule has 0 fully saturated rings. The van der Waals surface area contributed by atoms with Crippen molar-refractivity contribution < 1.29 is 23.0 Å². The van der Waals surface area contributed by atoms with Crippen molar-refractivity contribution >= 4 is 5.97 Å². The van der Waals surface area contributed by atoms with E-state index in [1.165, 1.54) is 19.1 Å². The molecule has 0 amide bonds. The summed E-state index contributed by atoms with van der Waals surface area (Å²) in [7, 11) is 0. The maximum absolute atomic E-state index is 13.3. The van der Waals surface area contributed by atoms with Gasteiger partial charge in [0.05, 0.1) is 6.61 Å². The standard InChI is InChI=1S/C12H15F2NO3/c1-3-17-11(16)12(2,15)7-18-9-6-4-5-8(13)10(9)14/h4-6H,3,7,15H2,1-2H3. The number of ether oxygens (including phenoxy) is 2. The van der Waals surface area contributed by atoms with Crippen LogP contribution in [0.1, 0.15) is 13.8 Å². The van der Waals surface area contributed by atoms with Gasteiger partial charge in [-0.05, 0) is 26.0 Å². The number of esters is 1. The van der Waals surface area contributed by atoms with Gasteiger partial charge in [-0.15, -0.1) is 0 Å². The van der Waals surface area contributed by atoms with Crippen molar-refractivity contribution in [3.63, 3.8) is 0 Å². The molecule has 1 unspecified atom stereocenters. The summed E-state index contributed by atoms with van der Waals surface area (Å²) in [6, 6.07) is 3.51. The van der Waals surface area contributed by atoms with E-state index in [0.717, 1.165) is 6.07 Å². The molecule has 0 aliphatic rings. The number of benzene rings is 1. The number of nitrogens with two attached hydrogens (primary N) is 1. The molecular weight excluding hydrogens is 244 g/mol. The minimum atomic E-state index is -1.42. The molecule has 0 aliphatic carbocycles. The highest BCUT2D eigenvalue weighted by atomic mass is 19.2. The van der Waals surface area contributed by atoms with E-state index in [1.54, 1.807) is 6.92 Å². The molecule has 0 bridgehead atoms. The fraction of sp³-hybridized carbons (Fsp3) is 0.417. The maximum Gasteiger partial charge on any atom is 0.329 e. The van der Waals surface area contributed by atoms with Gasteiger partial charge in [-0.1, -0.05) is 6.07 Å². The Morgan fingerprint density at radius 2 is 2.11 bits per heavy atom. The maximum atomic E-state index is 13.3. The molecule has 0 aromatic heterocycles. The van der Waals surface area contributed by atoms with Crippen molar-refractivity contribution in [3.8, 4) is 5.75 Å². The third kappa shape index (κ3) is 3.40. The van der Waals surface area contributed by atoms with E-state index in [4.69, 9.17) is 15.2 Å². The summed E-state index contributed by atoms with van der Waals surface area (Å²) >= 11 is 0. The number of carbonyl (C=O) groups excluding carboxylic acids is 1. The van der Waals surface area contributed by atoms with Crippen LogP contribution in [0.5, 0.6) is 5.75 Å². The SMILES string of the molecule is CCOC(=O)C(C)(N)COc1cccc(F)c1F. The molecule has 0 radical (unpaired) electrons. The van der Waals surface area contributed by atoms with Crippen LogP contribution in [0, 0.1) is 11.6 Å². The Labute approximate surface area is 104 Å². The number of halogens is 2. The van der Waals surface area contributed by atoms with Gasteiger partial charge in [-0.3, -0.25) is 0 Å². The number of rotatable bonds is 5. The van der Waals surface area contributed by atoms with Crippen molar-refractivity contribution in [2.75, 3.05) is 13.2 Å². The summed E-state index contributed by atoms with van der Waals surface area (Å²) in [6.07, 6.45) is 0. The van der Waals surface area contributed by atoms with E-state index in [0.29, 0.717) is 0 Å². The zero-order valence-corrected chi connectivity index (χ0v) is 10.2. The van der Waals surface area contributed by atoms with Gasteiger partial charge in [0.15, 0.2) is 11.6 Å². The molecule has 6 heteroatoms. The molecule has 100 valence electrons. The largest absolute Gasteiger partial charge is 0.488 e. The third-order valence-corrected chi connectivity index (χ3v) is 2.19. The highest BCUT2D eigenvalue weighted by Gasteiger charge is 2.31. The van der Waals surface area contributed by atoms with Gasteiger partial charge in [-0.25, -0.2) is 9.18 Å². The fourth-order valence-electron chi connectivity index (χ4n) is 1.18. The normalized spacial score (nSPS) is 13.8. The zero-order valence-electron chi connectivity index (χ0n) is 10.2. The third-order valence-electron chi connectivity index (χ3n) is 2.19. The van der Waals surface area contributed by atoms with E-state index in [1.807, 2.05) is 0 Å². The van der Waals surface area contributed by atoms with E-state index in [-0.39, 0.29) is 19.0 Å². The van der Waals surface area contributed by atoms with Crippen molar-refractivity contribution in [3.05, 3.63) is 29.8 Å². The lowest BCUT2D eigenvalue weighted by molar-refractivity contribution is -0.150. The Morgan fingerprint density at radius 1 is 1.44 bits per heavy atom. The molecule has 1 atom stereocenters. The lowest BCUT2D eigenvalue weighted by Crippen LogP contribution is -2.51. The minimum absolute atomic E-state index is 0.181. The Hall–Kier alpha value is -1.69. The molecule has 0 heterocycles. The predicted molar refractivity (Wildman–Crippen MR) is 61.1 cm³/mol. The van der Waals surface area contributed by atoms with Gasteiger partial charge < -0.3 is 15.2 Å². The first-order chi connectivity index (χ1) is 8.38. The fourth-order valence-corrected chi connectivity index (χ4v) is 1.18. The molecule has 1 aromatic rings. The molecule has 1 aromatic carbocycles. The molecule has 0 aliphatic heterocycles. The van der Waals surface area contributed by atoms with E-state index < -0.39 is 23.1 Å². The Balaban J connectivity index is 2.70. The molecule has 0 spiro atoms. The highest BCUT2D eigenvalue weighted by Crippen LogP contribution is 2.20. The van der Waals surface area contributed by atoms with Crippen LogP contribution in [-0.2, 0) is 9.53 Å². The van der Waals surface area contributed by atoms with Crippen LogP contribution in [0.25, 0.3) is 0 Å². The highest BCUT2D eigenvalue weighted by molar-refractivity contribution is 5.80. The van der Waals surface area contributed by atoms with Gasteiger partial charge in [0.25, 0.3) is 0 Å². The molecule has 2 N–H and O–H groups in total. The van der Waals surface area contributed by atoms with Gasteiger partial charge in [0.2, 0.25) is 5.82 Å². The van der Waals surface area contributed by atoms with E-state index in [9.17, 15) is 13.6 Å². The van der Waals surface area contributed by atoms with Crippen LogP contribution in [-0.4, -0.2) is 24.7 Å².